The van der Waals surface area contributed by atoms with Gasteiger partial charge in [-0.25, -0.2) is 0 Å². The summed E-state index contributed by atoms with van der Waals surface area (Å²) in [6.45, 7) is 0. The van der Waals surface area contributed by atoms with Gasteiger partial charge in [-0.15, -0.1) is 0 Å². The summed E-state index contributed by atoms with van der Waals surface area (Å²) < 4.78 is 62.6. The van der Waals surface area contributed by atoms with Crippen molar-refractivity contribution in [2.24, 2.45) is 4.40 Å². The fraction of sp³-hybridized carbons (Fsp3) is 0.240. The van der Waals surface area contributed by atoms with E-state index in [1.54, 1.807) is 42.5 Å². The Labute approximate surface area is 192 Å². The maximum atomic E-state index is 13.6. The lowest BCUT2D eigenvalue weighted by Gasteiger charge is -2.18. The average Bonchev–Trinajstić information content (AvgIpc) is 3.36. The van der Waals surface area contributed by atoms with Crippen molar-refractivity contribution >= 4 is 17.3 Å². The van der Waals surface area contributed by atoms with Crippen molar-refractivity contribution in [3.63, 3.8) is 0 Å². The van der Waals surface area contributed by atoms with E-state index in [0.717, 1.165) is 22.8 Å². The highest BCUT2D eigenvalue weighted by Crippen LogP contribution is 2.44. The molecule has 5 rings (SSSR count). The highest BCUT2D eigenvalue weighted by Gasteiger charge is 2.36. The van der Waals surface area contributed by atoms with E-state index in [1.165, 1.54) is 12.1 Å². The van der Waals surface area contributed by atoms with Crippen LogP contribution in [-0.4, -0.2) is 15.6 Å². The summed E-state index contributed by atoms with van der Waals surface area (Å²) >= 11 is -1.49. The number of rotatable bonds is 4. The first kappa shape index (κ1) is 21.9. The number of fused-ring (bicyclic) bond motifs is 1. The highest BCUT2D eigenvalue weighted by atomic mass is 32.2. The summed E-state index contributed by atoms with van der Waals surface area (Å²) in [5, 5.41) is 9.13. The first-order chi connectivity index (χ1) is 15.8. The fourth-order valence-corrected chi connectivity index (χ4v) is 5.65. The Morgan fingerprint density at radius 1 is 0.970 bits per heavy atom. The number of aliphatic hydroxyl groups excluding tert-OH is 1. The smallest absolute Gasteiger partial charge is 0.417 e. The van der Waals surface area contributed by atoms with Crippen LogP contribution < -0.4 is 4.74 Å². The predicted molar refractivity (Wildman–Crippen MR) is 121 cm³/mol. The van der Waals surface area contributed by atoms with Crippen molar-refractivity contribution < 1.29 is 27.6 Å². The second kappa shape index (κ2) is 8.43. The zero-order chi connectivity index (χ0) is 23.2. The number of aliphatic hydroxyl groups is 1. The third-order valence-electron chi connectivity index (χ3n) is 6.08. The summed E-state index contributed by atoms with van der Waals surface area (Å²) in [7, 11) is 0. The van der Waals surface area contributed by atoms with Crippen molar-refractivity contribution in [2.75, 3.05) is 0 Å². The molecule has 0 bridgehead atoms. The van der Waals surface area contributed by atoms with Crippen LogP contribution in [0.1, 0.15) is 46.4 Å². The van der Waals surface area contributed by atoms with E-state index in [2.05, 4.69) is 4.40 Å². The molecule has 0 radical (unpaired) electrons. The molecule has 170 valence electrons. The van der Waals surface area contributed by atoms with Gasteiger partial charge in [0.15, 0.2) is 5.25 Å². The van der Waals surface area contributed by atoms with Gasteiger partial charge in [0, 0.05) is 5.56 Å². The number of ether oxygens (including phenoxy) is 1. The summed E-state index contributed by atoms with van der Waals surface area (Å²) in [5.74, 6) is 0.510. The third kappa shape index (κ3) is 4.20. The normalized spacial score (nSPS) is 22.2. The van der Waals surface area contributed by atoms with Gasteiger partial charge in [-0.1, -0.05) is 48.5 Å². The number of hydrogen-bond donors (Lipinski definition) is 1. The lowest BCUT2D eigenvalue weighted by atomic mass is 9.93. The second-order valence-electron chi connectivity index (χ2n) is 8.11. The van der Waals surface area contributed by atoms with Gasteiger partial charge in [-0.05, 0) is 57.7 Å². The molecule has 3 atom stereocenters. The molecule has 33 heavy (non-hydrogen) atoms. The molecule has 4 nitrogen and oxygen atoms in total. The molecule has 0 aromatic heterocycles. The van der Waals surface area contributed by atoms with Gasteiger partial charge in [-0.2, -0.15) is 13.2 Å². The molecular weight excluding hydrogens is 451 g/mol. The van der Waals surface area contributed by atoms with E-state index in [1.807, 2.05) is 6.07 Å². The van der Waals surface area contributed by atoms with Crippen molar-refractivity contribution in [2.45, 2.75) is 36.8 Å². The maximum absolute atomic E-state index is 13.6. The van der Waals surface area contributed by atoms with Crippen LogP contribution >= 0.6 is 0 Å². The SMILES string of the molecule is [O-][S+]1N=C(O)CC1c1ccc(O[C@@H]2CCc3c(-c4ccccc4C(F)(F)F)cccc32)cc1. The van der Waals surface area contributed by atoms with Gasteiger partial charge < -0.3 is 14.4 Å². The van der Waals surface area contributed by atoms with Gasteiger partial charge >= 0.3 is 6.18 Å². The Bertz CT molecular complexity index is 1210. The molecule has 3 aromatic rings. The molecule has 1 aliphatic heterocycles. The van der Waals surface area contributed by atoms with E-state index < -0.39 is 23.1 Å². The standard InChI is InChI=1S/C25H20F3NO3S/c26-25(27,28)21-7-2-1-4-19(21)17-5-3-6-20-18(17)12-13-22(20)32-16-10-8-15(9-11-16)23-14-24(30)29-33(23)31/h1-11,22-23H,12-14H2,(H,29,30)/t22-,23?,33?/m1/s1. The molecular formula is C25H20F3NO3S. The van der Waals surface area contributed by atoms with Gasteiger partial charge in [0.1, 0.15) is 23.2 Å². The van der Waals surface area contributed by atoms with Crippen LogP contribution in [0.4, 0.5) is 13.2 Å². The molecule has 0 saturated carbocycles. The number of benzene rings is 3. The van der Waals surface area contributed by atoms with Crippen molar-refractivity contribution in [1.82, 2.24) is 0 Å². The fourth-order valence-electron chi connectivity index (χ4n) is 4.56. The minimum Gasteiger partial charge on any atom is -0.591 e. The lowest BCUT2D eigenvalue weighted by Crippen LogP contribution is -2.08. The lowest BCUT2D eigenvalue weighted by molar-refractivity contribution is -0.137. The van der Waals surface area contributed by atoms with Gasteiger partial charge in [0.25, 0.3) is 0 Å². The monoisotopic (exact) mass is 471 g/mol. The molecule has 2 aliphatic rings. The molecule has 2 unspecified atom stereocenters. The van der Waals surface area contributed by atoms with Gasteiger partial charge in [0.2, 0.25) is 5.90 Å². The summed E-state index contributed by atoms with van der Waals surface area (Å²) in [6, 6.07) is 18.2. The second-order valence-corrected chi connectivity index (χ2v) is 9.41. The quantitative estimate of drug-likeness (QED) is 0.442. The number of hydrogen-bond acceptors (Lipinski definition) is 3. The van der Waals surface area contributed by atoms with Crippen LogP contribution in [0.5, 0.6) is 5.75 Å². The zero-order valence-electron chi connectivity index (χ0n) is 17.4. The minimum absolute atomic E-state index is 0.107. The summed E-state index contributed by atoms with van der Waals surface area (Å²) in [6.07, 6.45) is -3.17. The topological polar surface area (TPSA) is 64.9 Å². The third-order valence-corrected chi connectivity index (χ3v) is 7.39. The Balaban J connectivity index is 1.39. The number of alkyl halides is 3. The van der Waals surface area contributed by atoms with E-state index in [0.29, 0.717) is 24.2 Å². The first-order valence-corrected chi connectivity index (χ1v) is 11.7. The highest BCUT2D eigenvalue weighted by molar-refractivity contribution is 7.90. The van der Waals surface area contributed by atoms with Crippen molar-refractivity contribution in [3.8, 4) is 16.9 Å². The van der Waals surface area contributed by atoms with Crippen LogP contribution in [0.15, 0.2) is 71.1 Å². The average molecular weight is 472 g/mol. The Morgan fingerprint density at radius 2 is 1.70 bits per heavy atom. The van der Waals surface area contributed by atoms with Crippen LogP contribution in [0.25, 0.3) is 11.1 Å². The minimum atomic E-state index is -4.43. The van der Waals surface area contributed by atoms with E-state index >= 15 is 0 Å². The van der Waals surface area contributed by atoms with Crippen molar-refractivity contribution in [1.29, 1.82) is 0 Å². The van der Waals surface area contributed by atoms with Crippen molar-refractivity contribution in [3.05, 3.63) is 89.0 Å². The van der Waals surface area contributed by atoms with Crippen LogP contribution in [0, 0.1) is 0 Å². The molecule has 0 spiro atoms. The molecule has 3 aromatic carbocycles. The Hall–Kier alpha value is -2.97. The van der Waals surface area contributed by atoms with Gasteiger partial charge in [0.05, 0.1) is 12.0 Å². The predicted octanol–water partition coefficient (Wildman–Crippen LogP) is 6.50. The maximum Gasteiger partial charge on any atom is 0.417 e. The van der Waals surface area contributed by atoms with E-state index in [-0.39, 0.29) is 29.2 Å². The summed E-state index contributed by atoms with van der Waals surface area (Å²) in [4.78, 5) is 0. The van der Waals surface area contributed by atoms with Crippen LogP contribution in [0.3, 0.4) is 0 Å². The van der Waals surface area contributed by atoms with E-state index in [4.69, 9.17) is 4.74 Å². The number of nitrogens with zero attached hydrogens (tertiary/aromatic N) is 1. The molecule has 0 fully saturated rings. The molecule has 1 aliphatic carbocycles. The molecule has 1 heterocycles. The van der Waals surface area contributed by atoms with Crippen LogP contribution in [-0.2, 0) is 24.0 Å². The first-order valence-electron chi connectivity index (χ1n) is 10.5. The zero-order valence-corrected chi connectivity index (χ0v) is 18.2. The molecule has 0 saturated heterocycles. The molecule has 1 N–H and O–H groups in total. The Morgan fingerprint density at radius 3 is 2.39 bits per heavy atom. The van der Waals surface area contributed by atoms with E-state index in [9.17, 15) is 22.8 Å². The number of halogens is 3. The van der Waals surface area contributed by atoms with Gasteiger partial charge in [-0.3, -0.25) is 0 Å². The van der Waals surface area contributed by atoms with Crippen LogP contribution in [0.2, 0.25) is 0 Å². The summed E-state index contributed by atoms with van der Waals surface area (Å²) in [5.41, 5.74) is 2.70. The molecule has 0 amide bonds. The largest absolute Gasteiger partial charge is 0.591 e. The Kier molecular flexibility index (Phi) is 5.58. The molecule has 8 heteroatoms.